The van der Waals surface area contributed by atoms with Crippen molar-refractivity contribution in [1.82, 2.24) is 5.32 Å². The Balaban J connectivity index is 1.98. The van der Waals surface area contributed by atoms with Gasteiger partial charge in [0.25, 0.3) is 0 Å². The lowest BCUT2D eigenvalue weighted by atomic mass is 9.86. The summed E-state index contributed by atoms with van der Waals surface area (Å²) >= 11 is 0. The molecule has 15 heavy (non-hydrogen) atoms. The van der Waals surface area contributed by atoms with Gasteiger partial charge in [0.05, 0.1) is 0 Å². The molecule has 1 atom stereocenters. The molecule has 0 aromatic heterocycles. The monoisotopic (exact) mass is 213 g/mol. The second kappa shape index (κ2) is 6.83. The summed E-state index contributed by atoms with van der Waals surface area (Å²) in [6.45, 7) is 2.53. The van der Waals surface area contributed by atoms with Crippen molar-refractivity contribution in [2.24, 2.45) is 5.92 Å². The van der Waals surface area contributed by atoms with Crippen LogP contribution in [-0.4, -0.2) is 23.7 Å². The Hall–Kier alpha value is -0.570. The Labute approximate surface area is 92.3 Å². The van der Waals surface area contributed by atoms with Gasteiger partial charge in [-0.05, 0) is 32.2 Å². The van der Waals surface area contributed by atoms with Crippen molar-refractivity contribution in [3.63, 3.8) is 0 Å². The third-order valence-electron chi connectivity index (χ3n) is 3.33. The summed E-state index contributed by atoms with van der Waals surface area (Å²) in [6, 6.07) is -0.406. The number of hydrogen-bond acceptors (Lipinski definition) is 2. The molecule has 1 fully saturated rings. The Bertz CT molecular complexity index is 188. The van der Waals surface area contributed by atoms with Crippen LogP contribution in [0, 0.1) is 5.92 Å². The van der Waals surface area contributed by atoms with Crippen LogP contribution < -0.4 is 5.32 Å². The smallest absolute Gasteiger partial charge is 0.320 e. The normalized spacial score (nSPS) is 20.1. The Morgan fingerprint density at radius 3 is 2.67 bits per heavy atom. The van der Waals surface area contributed by atoms with Gasteiger partial charge in [-0.25, -0.2) is 0 Å². The Morgan fingerprint density at radius 1 is 1.40 bits per heavy atom. The van der Waals surface area contributed by atoms with Gasteiger partial charge in [-0.1, -0.05) is 32.1 Å². The first-order valence-electron chi connectivity index (χ1n) is 6.16. The summed E-state index contributed by atoms with van der Waals surface area (Å²) in [4.78, 5) is 10.5. The molecule has 0 unspecified atom stereocenters. The molecule has 88 valence electrons. The molecule has 1 saturated carbocycles. The summed E-state index contributed by atoms with van der Waals surface area (Å²) in [7, 11) is 0. The largest absolute Gasteiger partial charge is 0.480 e. The number of hydrogen-bond donors (Lipinski definition) is 2. The van der Waals surface area contributed by atoms with Gasteiger partial charge < -0.3 is 10.4 Å². The van der Waals surface area contributed by atoms with Crippen molar-refractivity contribution in [2.45, 2.75) is 57.9 Å². The SMILES string of the molecule is C[C@H](NCCCC1CCCCC1)C(=O)O. The maximum Gasteiger partial charge on any atom is 0.320 e. The molecule has 0 aliphatic heterocycles. The minimum absolute atomic E-state index is 0.406. The topological polar surface area (TPSA) is 49.3 Å². The fourth-order valence-corrected chi connectivity index (χ4v) is 2.27. The van der Waals surface area contributed by atoms with E-state index < -0.39 is 12.0 Å². The fraction of sp³-hybridized carbons (Fsp3) is 0.917. The molecule has 2 N–H and O–H groups in total. The van der Waals surface area contributed by atoms with Crippen LogP contribution in [0.15, 0.2) is 0 Å². The molecule has 1 aliphatic carbocycles. The average Bonchev–Trinajstić information content (AvgIpc) is 2.25. The van der Waals surface area contributed by atoms with Crippen molar-refractivity contribution >= 4 is 5.97 Å². The number of carboxylic acids is 1. The lowest BCUT2D eigenvalue weighted by Crippen LogP contribution is -2.34. The molecular formula is C12H23NO2. The summed E-state index contributed by atoms with van der Waals surface area (Å²) < 4.78 is 0. The van der Waals surface area contributed by atoms with E-state index in [0.717, 1.165) is 18.9 Å². The van der Waals surface area contributed by atoms with Gasteiger partial charge in [0.1, 0.15) is 6.04 Å². The van der Waals surface area contributed by atoms with E-state index in [1.807, 2.05) is 0 Å². The quantitative estimate of drug-likeness (QED) is 0.666. The highest BCUT2D eigenvalue weighted by Gasteiger charge is 2.13. The molecule has 0 aromatic carbocycles. The number of rotatable bonds is 6. The van der Waals surface area contributed by atoms with E-state index in [1.165, 1.54) is 38.5 Å². The zero-order chi connectivity index (χ0) is 11.1. The summed E-state index contributed by atoms with van der Waals surface area (Å²) in [5.41, 5.74) is 0. The zero-order valence-corrected chi connectivity index (χ0v) is 9.67. The predicted octanol–water partition coefficient (Wildman–Crippen LogP) is 2.41. The van der Waals surface area contributed by atoms with Crippen molar-refractivity contribution in [1.29, 1.82) is 0 Å². The van der Waals surface area contributed by atoms with Crippen LogP contribution in [0.4, 0.5) is 0 Å². The van der Waals surface area contributed by atoms with Crippen LogP contribution >= 0.6 is 0 Å². The Kier molecular flexibility index (Phi) is 5.69. The minimum Gasteiger partial charge on any atom is -0.480 e. The van der Waals surface area contributed by atoms with Gasteiger partial charge in [0.2, 0.25) is 0 Å². The molecular weight excluding hydrogens is 190 g/mol. The molecule has 0 amide bonds. The predicted molar refractivity (Wildman–Crippen MR) is 60.9 cm³/mol. The molecule has 3 heteroatoms. The van der Waals surface area contributed by atoms with Crippen molar-refractivity contribution in [3.05, 3.63) is 0 Å². The number of carboxylic acid groups (broad SMARTS) is 1. The van der Waals surface area contributed by atoms with Crippen LogP contribution in [0.2, 0.25) is 0 Å². The van der Waals surface area contributed by atoms with Gasteiger partial charge in [-0.15, -0.1) is 0 Å². The number of aliphatic carboxylic acids is 1. The zero-order valence-electron chi connectivity index (χ0n) is 9.67. The van der Waals surface area contributed by atoms with Crippen molar-refractivity contribution in [3.8, 4) is 0 Å². The molecule has 1 rings (SSSR count). The third kappa shape index (κ3) is 5.17. The van der Waals surface area contributed by atoms with E-state index in [9.17, 15) is 4.79 Å². The van der Waals surface area contributed by atoms with Gasteiger partial charge >= 0.3 is 5.97 Å². The van der Waals surface area contributed by atoms with E-state index >= 15 is 0 Å². The highest BCUT2D eigenvalue weighted by atomic mass is 16.4. The van der Waals surface area contributed by atoms with Crippen LogP contribution in [0.3, 0.4) is 0 Å². The van der Waals surface area contributed by atoms with Crippen LogP contribution in [0.25, 0.3) is 0 Å². The fourth-order valence-electron chi connectivity index (χ4n) is 2.27. The van der Waals surface area contributed by atoms with E-state index in [2.05, 4.69) is 5.32 Å². The maximum absolute atomic E-state index is 10.5. The molecule has 3 nitrogen and oxygen atoms in total. The molecule has 0 spiro atoms. The van der Waals surface area contributed by atoms with E-state index in [1.54, 1.807) is 6.92 Å². The first kappa shape index (κ1) is 12.5. The van der Waals surface area contributed by atoms with Gasteiger partial charge in [-0.2, -0.15) is 0 Å². The molecule has 0 radical (unpaired) electrons. The lowest BCUT2D eigenvalue weighted by molar-refractivity contribution is -0.138. The first-order chi connectivity index (χ1) is 7.20. The highest BCUT2D eigenvalue weighted by molar-refractivity contribution is 5.72. The average molecular weight is 213 g/mol. The second-order valence-electron chi connectivity index (χ2n) is 4.66. The summed E-state index contributed by atoms with van der Waals surface area (Å²) in [5.74, 6) is 0.147. The van der Waals surface area contributed by atoms with Crippen LogP contribution in [0.1, 0.15) is 51.9 Å². The van der Waals surface area contributed by atoms with Gasteiger partial charge in [0.15, 0.2) is 0 Å². The summed E-state index contributed by atoms with van der Waals surface area (Å²) in [5, 5.41) is 11.7. The van der Waals surface area contributed by atoms with Crippen molar-refractivity contribution < 1.29 is 9.90 Å². The van der Waals surface area contributed by atoms with E-state index in [-0.39, 0.29) is 0 Å². The summed E-state index contributed by atoms with van der Waals surface area (Å²) in [6.07, 6.45) is 9.34. The number of nitrogens with one attached hydrogen (secondary N) is 1. The molecule has 0 heterocycles. The second-order valence-corrected chi connectivity index (χ2v) is 4.66. The molecule has 0 saturated heterocycles. The third-order valence-corrected chi connectivity index (χ3v) is 3.33. The van der Waals surface area contributed by atoms with E-state index in [4.69, 9.17) is 5.11 Å². The Morgan fingerprint density at radius 2 is 2.07 bits per heavy atom. The standard InChI is InChI=1S/C12H23NO2/c1-10(12(14)15)13-9-5-8-11-6-3-2-4-7-11/h10-11,13H,2-9H2,1H3,(H,14,15)/t10-/m0/s1. The highest BCUT2D eigenvalue weighted by Crippen LogP contribution is 2.26. The van der Waals surface area contributed by atoms with Gasteiger partial charge in [0, 0.05) is 0 Å². The van der Waals surface area contributed by atoms with Crippen LogP contribution in [0.5, 0.6) is 0 Å². The first-order valence-corrected chi connectivity index (χ1v) is 6.16. The minimum atomic E-state index is -0.757. The van der Waals surface area contributed by atoms with E-state index in [0.29, 0.717) is 0 Å². The van der Waals surface area contributed by atoms with Crippen LogP contribution in [-0.2, 0) is 4.79 Å². The molecule has 0 aromatic rings. The van der Waals surface area contributed by atoms with Crippen molar-refractivity contribution in [2.75, 3.05) is 6.54 Å². The maximum atomic E-state index is 10.5. The van der Waals surface area contributed by atoms with Gasteiger partial charge in [-0.3, -0.25) is 4.79 Å². The number of carbonyl (C=O) groups is 1. The molecule has 0 bridgehead atoms. The lowest BCUT2D eigenvalue weighted by Gasteiger charge is -2.21. The molecule has 1 aliphatic rings.